The molecule has 148 valence electrons. The smallest absolute Gasteiger partial charge is 0.389 e. The molecule has 2 aromatic carbocycles. The fourth-order valence-corrected chi connectivity index (χ4v) is 2.24. The second-order valence-corrected chi connectivity index (χ2v) is 5.68. The van der Waals surface area contributed by atoms with Crippen LogP contribution in [0.3, 0.4) is 0 Å². The quantitative estimate of drug-likeness (QED) is 0.231. The van der Waals surface area contributed by atoms with Gasteiger partial charge in [0.2, 0.25) is 0 Å². The minimum atomic E-state index is -4.30. The van der Waals surface area contributed by atoms with E-state index >= 15 is 0 Å². The molecule has 0 fully saturated rings. The summed E-state index contributed by atoms with van der Waals surface area (Å²) in [4.78, 5) is 23.8. The molecular weight excluding hydrogens is 377 g/mol. The van der Waals surface area contributed by atoms with Gasteiger partial charge in [0.15, 0.2) is 0 Å². The number of aliphatic carboxylic acids is 1. The Morgan fingerprint density at radius 2 is 1.64 bits per heavy atom. The molecule has 8 heteroatoms. The van der Waals surface area contributed by atoms with Crippen molar-refractivity contribution in [2.45, 2.75) is 19.0 Å². The maximum absolute atomic E-state index is 12.2. The van der Waals surface area contributed by atoms with Crippen LogP contribution in [-0.4, -0.2) is 29.8 Å². The molecule has 0 amide bonds. The molecule has 0 saturated carbocycles. The lowest BCUT2D eigenvalue weighted by molar-refractivity contribution is -0.137. The van der Waals surface area contributed by atoms with E-state index in [1.165, 1.54) is 18.2 Å². The van der Waals surface area contributed by atoms with Crippen molar-refractivity contribution in [1.29, 1.82) is 0 Å². The van der Waals surface area contributed by atoms with Gasteiger partial charge in [-0.25, -0.2) is 9.59 Å². The Kier molecular flexibility index (Phi) is 7.20. The molecule has 0 heterocycles. The van der Waals surface area contributed by atoms with Gasteiger partial charge in [0, 0.05) is 12.0 Å². The fraction of sp³-hybridized carbons (Fsp3) is 0.200. The van der Waals surface area contributed by atoms with Crippen LogP contribution >= 0.6 is 0 Å². The average Bonchev–Trinajstić information content (AvgIpc) is 2.65. The van der Waals surface area contributed by atoms with Crippen molar-refractivity contribution in [3.05, 3.63) is 72.0 Å². The first-order valence-corrected chi connectivity index (χ1v) is 8.26. The van der Waals surface area contributed by atoms with Crippen molar-refractivity contribution in [3.63, 3.8) is 0 Å². The minimum absolute atomic E-state index is 0.0103. The highest BCUT2D eigenvalue weighted by Crippen LogP contribution is 2.27. The van der Waals surface area contributed by atoms with Crippen molar-refractivity contribution in [1.82, 2.24) is 0 Å². The van der Waals surface area contributed by atoms with Crippen LogP contribution in [0.5, 0.6) is 5.75 Å². The van der Waals surface area contributed by atoms with Crippen molar-refractivity contribution in [2.24, 2.45) is 0 Å². The summed E-state index contributed by atoms with van der Waals surface area (Å²) in [5, 5.41) is 9.42. The van der Waals surface area contributed by atoms with Gasteiger partial charge in [0.05, 0.1) is 18.4 Å². The molecule has 0 saturated heterocycles. The van der Waals surface area contributed by atoms with Crippen LogP contribution in [0.15, 0.2) is 60.9 Å². The summed E-state index contributed by atoms with van der Waals surface area (Å²) in [6.07, 6.45) is -4.79. The van der Waals surface area contributed by atoms with Gasteiger partial charge in [-0.3, -0.25) is 0 Å². The highest BCUT2D eigenvalue weighted by molar-refractivity contribution is 6.16. The van der Waals surface area contributed by atoms with Crippen LogP contribution in [0.1, 0.15) is 28.8 Å². The molecule has 0 radical (unpaired) electrons. The maximum Gasteiger partial charge on any atom is 0.389 e. The number of para-hydroxylation sites is 1. The minimum Gasteiger partial charge on any atom is -0.500 e. The molecule has 5 nitrogen and oxygen atoms in total. The second kappa shape index (κ2) is 9.59. The number of ether oxygens (including phenoxy) is 2. The summed E-state index contributed by atoms with van der Waals surface area (Å²) in [5.74, 6) is -2.06. The number of alkyl halides is 3. The average molecular weight is 394 g/mol. The summed E-state index contributed by atoms with van der Waals surface area (Å²) in [6.45, 7) is -0.303. The number of carboxylic acids is 1. The van der Waals surface area contributed by atoms with Gasteiger partial charge >= 0.3 is 18.1 Å². The molecule has 0 aromatic heterocycles. The molecule has 0 aliphatic heterocycles. The van der Waals surface area contributed by atoms with Gasteiger partial charge in [0.25, 0.3) is 0 Å². The molecule has 1 N–H and O–H groups in total. The molecule has 0 aliphatic rings. The normalized spacial score (nSPS) is 11.8. The molecular formula is C20H17F3O5. The fourth-order valence-electron chi connectivity index (χ4n) is 2.24. The number of benzene rings is 2. The summed E-state index contributed by atoms with van der Waals surface area (Å²) in [6, 6.07) is 14.0. The number of hydrogen-bond acceptors (Lipinski definition) is 4. The number of carbonyl (C=O) groups excluding carboxylic acids is 1. The highest BCUT2D eigenvalue weighted by Gasteiger charge is 2.26. The van der Waals surface area contributed by atoms with E-state index in [0.717, 1.165) is 6.26 Å². The second-order valence-electron chi connectivity index (χ2n) is 5.68. The van der Waals surface area contributed by atoms with E-state index in [1.54, 1.807) is 36.4 Å². The molecule has 0 atom stereocenters. The zero-order valence-electron chi connectivity index (χ0n) is 14.6. The number of hydrogen-bond donors (Lipinski definition) is 1. The third-order valence-electron chi connectivity index (χ3n) is 3.54. The number of rotatable bonds is 8. The van der Waals surface area contributed by atoms with Crippen LogP contribution in [0.25, 0.3) is 5.57 Å². The van der Waals surface area contributed by atoms with Crippen molar-refractivity contribution in [2.75, 3.05) is 6.61 Å². The van der Waals surface area contributed by atoms with Crippen LogP contribution < -0.4 is 4.74 Å². The number of carbonyl (C=O) groups is 2. The summed E-state index contributed by atoms with van der Waals surface area (Å²) in [7, 11) is 0. The van der Waals surface area contributed by atoms with E-state index in [9.17, 15) is 27.9 Å². The molecule has 0 unspecified atom stereocenters. The van der Waals surface area contributed by atoms with Crippen LogP contribution in [0.4, 0.5) is 13.2 Å². The van der Waals surface area contributed by atoms with E-state index < -0.39 is 24.5 Å². The number of esters is 1. The van der Waals surface area contributed by atoms with E-state index in [-0.39, 0.29) is 35.5 Å². The van der Waals surface area contributed by atoms with Gasteiger partial charge in [-0.05, 0) is 24.6 Å². The monoisotopic (exact) mass is 394 g/mol. The Hall–Kier alpha value is -3.29. The lowest BCUT2D eigenvalue weighted by Crippen LogP contribution is -2.11. The Morgan fingerprint density at radius 1 is 1.00 bits per heavy atom. The summed E-state index contributed by atoms with van der Waals surface area (Å²) >= 11 is 0. The molecule has 0 spiro atoms. The largest absolute Gasteiger partial charge is 0.500 e. The van der Waals surface area contributed by atoms with Gasteiger partial charge in [-0.15, -0.1) is 0 Å². The predicted molar refractivity (Wildman–Crippen MR) is 94.7 cm³/mol. The zero-order valence-corrected chi connectivity index (χ0v) is 14.6. The highest BCUT2D eigenvalue weighted by atomic mass is 19.4. The molecule has 0 aliphatic carbocycles. The van der Waals surface area contributed by atoms with E-state index in [1.807, 2.05) is 0 Å². The molecule has 28 heavy (non-hydrogen) atoms. The Bertz CT molecular complexity index is 844. The van der Waals surface area contributed by atoms with E-state index in [2.05, 4.69) is 0 Å². The van der Waals surface area contributed by atoms with Crippen molar-refractivity contribution < 1.29 is 37.3 Å². The SMILES string of the molecule is O=C(O)C(=COCCCC(F)(F)F)c1ccccc1OC(=O)c1ccccc1. The zero-order chi connectivity index (χ0) is 20.6. The summed E-state index contributed by atoms with van der Waals surface area (Å²) < 4.78 is 46.7. The van der Waals surface area contributed by atoms with Crippen LogP contribution in [0, 0.1) is 0 Å². The van der Waals surface area contributed by atoms with Crippen LogP contribution in [-0.2, 0) is 9.53 Å². The molecule has 0 bridgehead atoms. The first-order chi connectivity index (χ1) is 13.3. The van der Waals surface area contributed by atoms with Gasteiger partial charge < -0.3 is 14.6 Å². The standard InChI is InChI=1S/C20H17F3O5/c21-20(22,23)11-6-12-27-13-16(18(24)25)15-9-4-5-10-17(15)28-19(26)14-7-2-1-3-8-14/h1-5,7-10,13H,6,11-12H2,(H,24,25). The lowest BCUT2D eigenvalue weighted by atomic mass is 10.1. The Morgan fingerprint density at radius 3 is 2.29 bits per heavy atom. The Balaban J connectivity index is 2.15. The lowest BCUT2D eigenvalue weighted by Gasteiger charge is -2.11. The van der Waals surface area contributed by atoms with Gasteiger partial charge in [-0.2, -0.15) is 13.2 Å². The maximum atomic E-state index is 12.2. The van der Waals surface area contributed by atoms with E-state index in [4.69, 9.17) is 9.47 Å². The molecule has 2 rings (SSSR count). The first-order valence-electron chi connectivity index (χ1n) is 8.26. The number of halogens is 3. The third-order valence-corrected chi connectivity index (χ3v) is 3.54. The molecule has 2 aromatic rings. The van der Waals surface area contributed by atoms with E-state index in [0.29, 0.717) is 0 Å². The Labute approximate surface area is 159 Å². The summed E-state index contributed by atoms with van der Waals surface area (Å²) in [5.41, 5.74) is 0.000121. The third kappa shape index (κ3) is 6.46. The topological polar surface area (TPSA) is 72.8 Å². The van der Waals surface area contributed by atoms with Crippen LogP contribution in [0.2, 0.25) is 0 Å². The predicted octanol–water partition coefficient (Wildman–Crippen LogP) is 4.69. The first kappa shape index (κ1) is 21.0. The van der Waals surface area contributed by atoms with Gasteiger partial charge in [-0.1, -0.05) is 36.4 Å². The van der Waals surface area contributed by atoms with Crippen molar-refractivity contribution >= 4 is 17.5 Å². The van der Waals surface area contributed by atoms with Crippen molar-refractivity contribution in [3.8, 4) is 5.75 Å². The number of carboxylic acid groups (broad SMARTS) is 1. The van der Waals surface area contributed by atoms with Gasteiger partial charge in [0.1, 0.15) is 11.3 Å².